The van der Waals surface area contributed by atoms with Crippen molar-refractivity contribution >= 4 is 16.1 Å². The molecule has 0 spiro atoms. The quantitative estimate of drug-likeness (QED) is 0.845. The van der Waals surface area contributed by atoms with E-state index in [-0.39, 0.29) is 17.0 Å². The van der Waals surface area contributed by atoms with E-state index in [1.54, 1.807) is 12.1 Å². The van der Waals surface area contributed by atoms with Crippen molar-refractivity contribution in [2.75, 3.05) is 13.1 Å². The number of carbonyl (C=O) groups is 1. The molecule has 3 rings (SSSR count). The van der Waals surface area contributed by atoms with Gasteiger partial charge in [0.1, 0.15) is 0 Å². The zero-order valence-corrected chi connectivity index (χ0v) is 16.2. The molecular formula is C20H25N3O3S. The minimum absolute atomic E-state index is 0.0461. The average molecular weight is 388 g/mol. The van der Waals surface area contributed by atoms with E-state index in [1.165, 1.54) is 17.7 Å². The lowest BCUT2D eigenvalue weighted by Gasteiger charge is -2.33. The number of urea groups is 1. The summed E-state index contributed by atoms with van der Waals surface area (Å²) in [6, 6.07) is 16.3. The molecule has 0 aliphatic carbocycles. The van der Waals surface area contributed by atoms with Crippen molar-refractivity contribution in [3.63, 3.8) is 0 Å². The molecule has 1 aliphatic rings. The molecule has 27 heavy (non-hydrogen) atoms. The maximum Gasteiger partial charge on any atom is 0.317 e. The molecule has 2 aromatic carbocycles. The van der Waals surface area contributed by atoms with Crippen LogP contribution < -0.4 is 10.5 Å². The number of rotatable bonds is 4. The zero-order chi connectivity index (χ0) is 19.4. The summed E-state index contributed by atoms with van der Waals surface area (Å²) in [5.74, 6) is 0.485. The number of hydrogen-bond donors (Lipinski definition) is 2. The predicted molar refractivity (Wildman–Crippen MR) is 105 cm³/mol. The number of nitrogens with two attached hydrogens (primary N) is 1. The predicted octanol–water partition coefficient (Wildman–Crippen LogP) is 2.98. The Morgan fingerprint density at radius 3 is 2.41 bits per heavy atom. The summed E-state index contributed by atoms with van der Waals surface area (Å²) in [6.45, 7) is 3.24. The van der Waals surface area contributed by atoms with Crippen LogP contribution in [-0.2, 0) is 10.0 Å². The second kappa shape index (κ2) is 8.10. The molecule has 7 heteroatoms. The molecule has 2 aromatic rings. The number of amides is 2. The van der Waals surface area contributed by atoms with Crippen LogP contribution in [0.2, 0.25) is 0 Å². The summed E-state index contributed by atoms with van der Waals surface area (Å²) in [6.07, 6.45) is 1.87. The molecule has 1 heterocycles. The van der Waals surface area contributed by atoms with E-state index in [2.05, 4.69) is 17.4 Å². The largest absolute Gasteiger partial charge is 0.331 e. The molecule has 2 amide bonds. The molecule has 6 nitrogen and oxygen atoms in total. The summed E-state index contributed by atoms with van der Waals surface area (Å²) in [5, 5.41) is 8.13. The third-order valence-electron chi connectivity index (χ3n) is 5.08. The normalized spacial score (nSPS) is 16.7. The lowest BCUT2D eigenvalue weighted by molar-refractivity contribution is 0.178. The van der Waals surface area contributed by atoms with Crippen molar-refractivity contribution < 1.29 is 13.2 Å². The van der Waals surface area contributed by atoms with E-state index >= 15 is 0 Å². The van der Waals surface area contributed by atoms with Gasteiger partial charge in [0.25, 0.3) is 0 Å². The van der Waals surface area contributed by atoms with Gasteiger partial charge in [-0.15, -0.1) is 0 Å². The van der Waals surface area contributed by atoms with Crippen molar-refractivity contribution in [3.8, 4) is 0 Å². The Hall–Kier alpha value is -2.38. The molecule has 1 atom stereocenters. The summed E-state index contributed by atoms with van der Waals surface area (Å²) < 4.78 is 23.0. The minimum Gasteiger partial charge on any atom is -0.331 e. The number of hydrogen-bond acceptors (Lipinski definition) is 3. The fourth-order valence-electron chi connectivity index (χ4n) is 3.46. The van der Waals surface area contributed by atoms with Gasteiger partial charge in [-0.2, -0.15) is 0 Å². The first-order valence-corrected chi connectivity index (χ1v) is 10.6. The number of nitrogens with zero attached hydrogens (tertiary/aromatic N) is 1. The fourth-order valence-corrected chi connectivity index (χ4v) is 4.03. The van der Waals surface area contributed by atoms with Gasteiger partial charge in [-0.25, -0.2) is 18.4 Å². The molecule has 1 aliphatic heterocycles. The second-order valence-electron chi connectivity index (χ2n) is 6.96. The van der Waals surface area contributed by atoms with E-state index in [1.807, 2.05) is 30.0 Å². The Bertz CT molecular complexity index is 892. The van der Waals surface area contributed by atoms with Crippen LogP contribution in [-0.4, -0.2) is 32.4 Å². The molecule has 0 bridgehead atoms. The summed E-state index contributed by atoms with van der Waals surface area (Å²) in [7, 11) is -3.76. The van der Waals surface area contributed by atoms with Crippen molar-refractivity contribution in [1.29, 1.82) is 0 Å². The van der Waals surface area contributed by atoms with Crippen molar-refractivity contribution in [2.45, 2.75) is 36.6 Å². The van der Waals surface area contributed by atoms with Gasteiger partial charge in [0.15, 0.2) is 0 Å². The van der Waals surface area contributed by atoms with Gasteiger partial charge >= 0.3 is 6.03 Å². The van der Waals surface area contributed by atoms with Crippen LogP contribution in [0, 0.1) is 0 Å². The summed E-state index contributed by atoms with van der Waals surface area (Å²) in [4.78, 5) is 14.4. The van der Waals surface area contributed by atoms with E-state index in [9.17, 15) is 13.2 Å². The third kappa shape index (κ3) is 4.87. The topological polar surface area (TPSA) is 92.5 Å². The number of benzene rings is 2. The number of piperidine rings is 1. The first kappa shape index (κ1) is 19.4. The van der Waals surface area contributed by atoms with Gasteiger partial charge in [0.05, 0.1) is 10.9 Å². The van der Waals surface area contributed by atoms with E-state index in [0.717, 1.165) is 12.8 Å². The maximum absolute atomic E-state index is 12.6. The second-order valence-corrected chi connectivity index (χ2v) is 8.52. The van der Waals surface area contributed by atoms with Crippen molar-refractivity contribution in [3.05, 3.63) is 65.7 Å². The Balaban J connectivity index is 1.58. The monoisotopic (exact) mass is 387 g/mol. The SMILES string of the molecule is C[C@H](NC(=O)N1CCC(c2ccccc2)CC1)c1cccc(S(N)(=O)=O)c1. The third-order valence-corrected chi connectivity index (χ3v) is 5.99. The van der Waals surface area contributed by atoms with Gasteiger partial charge in [-0.3, -0.25) is 0 Å². The van der Waals surface area contributed by atoms with Crippen LogP contribution in [0.3, 0.4) is 0 Å². The van der Waals surface area contributed by atoms with Gasteiger partial charge < -0.3 is 10.2 Å². The molecule has 0 radical (unpaired) electrons. The van der Waals surface area contributed by atoms with Gasteiger partial charge in [-0.05, 0) is 48.9 Å². The lowest BCUT2D eigenvalue weighted by atomic mass is 9.90. The molecule has 1 fully saturated rings. The zero-order valence-electron chi connectivity index (χ0n) is 15.3. The number of primary sulfonamides is 1. The van der Waals surface area contributed by atoms with E-state index in [4.69, 9.17) is 5.14 Å². The van der Waals surface area contributed by atoms with Crippen molar-refractivity contribution in [1.82, 2.24) is 10.2 Å². The highest BCUT2D eigenvalue weighted by atomic mass is 32.2. The highest BCUT2D eigenvalue weighted by Crippen LogP contribution is 2.28. The van der Waals surface area contributed by atoms with Gasteiger partial charge in [0.2, 0.25) is 10.0 Å². The molecule has 144 valence electrons. The molecule has 3 N–H and O–H groups in total. The Morgan fingerprint density at radius 2 is 1.78 bits per heavy atom. The molecule has 0 saturated carbocycles. The van der Waals surface area contributed by atoms with Crippen LogP contribution in [0.5, 0.6) is 0 Å². The molecular weight excluding hydrogens is 362 g/mol. The Morgan fingerprint density at radius 1 is 1.11 bits per heavy atom. The minimum atomic E-state index is -3.76. The van der Waals surface area contributed by atoms with Gasteiger partial charge in [-0.1, -0.05) is 42.5 Å². The van der Waals surface area contributed by atoms with E-state index in [0.29, 0.717) is 24.6 Å². The number of carbonyl (C=O) groups excluding carboxylic acids is 1. The number of likely N-dealkylation sites (tertiary alicyclic amines) is 1. The van der Waals surface area contributed by atoms with Crippen LogP contribution in [0.25, 0.3) is 0 Å². The van der Waals surface area contributed by atoms with E-state index < -0.39 is 10.0 Å². The Kier molecular flexibility index (Phi) is 5.82. The lowest BCUT2D eigenvalue weighted by Crippen LogP contribution is -2.44. The van der Waals surface area contributed by atoms with Crippen LogP contribution in [0.4, 0.5) is 4.79 Å². The average Bonchev–Trinajstić information content (AvgIpc) is 2.68. The maximum atomic E-state index is 12.6. The summed E-state index contributed by atoms with van der Waals surface area (Å²) >= 11 is 0. The standard InChI is InChI=1S/C20H25N3O3S/c1-15(18-8-5-9-19(14-18)27(21,25)26)22-20(24)23-12-10-17(11-13-23)16-6-3-2-4-7-16/h2-9,14-15,17H,10-13H2,1H3,(H,22,24)(H2,21,25,26)/t15-/m0/s1. The number of sulfonamides is 1. The number of nitrogens with one attached hydrogen (secondary N) is 1. The molecule has 0 unspecified atom stereocenters. The molecule has 1 saturated heterocycles. The van der Waals surface area contributed by atoms with Crippen LogP contribution >= 0.6 is 0 Å². The van der Waals surface area contributed by atoms with Crippen LogP contribution in [0.1, 0.15) is 42.9 Å². The molecule has 0 aromatic heterocycles. The fraction of sp³-hybridized carbons (Fsp3) is 0.350. The highest BCUT2D eigenvalue weighted by molar-refractivity contribution is 7.89. The van der Waals surface area contributed by atoms with Crippen molar-refractivity contribution in [2.24, 2.45) is 5.14 Å². The first-order valence-electron chi connectivity index (χ1n) is 9.08. The first-order chi connectivity index (χ1) is 12.8. The van der Waals surface area contributed by atoms with Crippen LogP contribution in [0.15, 0.2) is 59.5 Å². The summed E-state index contributed by atoms with van der Waals surface area (Å²) in [5.41, 5.74) is 2.03. The van der Waals surface area contributed by atoms with Gasteiger partial charge in [0, 0.05) is 13.1 Å². The Labute approximate surface area is 160 Å². The highest BCUT2D eigenvalue weighted by Gasteiger charge is 2.24. The smallest absolute Gasteiger partial charge is 0.317 e.